The van der Waals surface area contributed by atoms with Gasteiger partial charge in [-0.05, 0) is 24.2 Å². The van der Waals surface area contributed by atoms with Crippen LogP contribution in [0.4, 0.5) is 0 Å². The van der Waals surface area contributed by atoms with E-state index < -0.39 is 0 Å². The summed E-state index contributed by atoms with van der Waals surface area (Å²) in [6.45, 7) is 7.08. The second kappa shape index (κ2) is 7.00. The summed E-state index contributed by atoms with van der Waals surface area (Å²) in [4.78, 5) is 11.6. The molecule has 0 aromatic rings. The van der Waals surface area contributed by atoms with E-state index >= 15 is 0 Å². The number of nitrogens with two attached hydrogens (primary N) is 1. The van der Waals surface area contributed by atoms with Crippen molar-refractivity contribution in [2.75, 3.05) is 6.54 Å². The lowest BCUT2D eigenvalue weighted by Crippen LogP contribution is -2.44. The predicted molar refractivity (Wildman–Crippen MR) is 71.6 cm³/mol. The first-order valence-corrected chi connectivity index (χ1v) is 7.04. The minimum absolute atomic E-state index is 0.00387. The smallest absolute Gasteiger partial charge is 0.237 e. The van der Waals surface area contributed by atoms with E-state index in [1.807, 2.05) is 13.8 Å². The Kier molecular flexibility index (Phi) is 5.96. The van der Waals surface area contributed by atoms with Gasteiger partial charge in [-0.15, -0.1) is 0 Å². The van der Waals surface area contributed by atoms with E-state index in [4.69, 9.17) is 5.73 Å². The van der Waals surface area contributed by atoms with E-state index in [2.05, 4.69) is 12.2 Å². The normalized spacial score (nSPS) is 26.9. The minimum Gasteiger partial charge on any atom is -0.355 e. The molecule has 1 fully saturated rings. The molecule has 3 N–H and O–H groups in total. The number of nitrogens with one attached hydrogen (secondary N) is 1. The maximum atomic E-state index is 11.6. The average Bonchev–Trinajstić information content (AvgIpc) is 2.30. The second-order valence-electron chi connectivity index (χ2n) is 5.98. The molecule has 0 radical (unpaired) electrons. The van der Waals surface area contributed by atoms with E-state index in [1.165, 1.54) is 25.7 Å². The number of hydrogen-bond acceptors (Lipinski definition) is 2. The molecule has 0 aromatic heterocycles. The largest absolute Gasteiger partial charge is 0.355 e. The summed E-state index contributed by atoms with van der Waals surface area (Å²) >= 11 is 0. The average molecular weight is 240 g/mol. The van der Waals surface area contributed by atoms with Gasteiger partial charge in [0.2, 0.25) is 5.91 Å². The molecule has 3 nitrogen and oxygen atoms in total. The third-order valence-corrected chi connectivity index (χ3v) is 4.01. The second-order valence-corrected chi connectivity index (χ2v) is 5.98. The number of carbonyl (C=O) groups is 1. The summed E-state index contributed by atoms with van der Waals surface area (Å²) in [6.07, 6.45) is 6.47. The molecular weight excluding hydrogens is 212 g/mol. The quantitative estimate of drug-likeness (QED) is 0.774. The van der Waals surface area contributed by atoms with Gasteiger partial charge in [-0.1, -0.05) is 46.5 Å². The van der Waals surface area contributed by atoms with Gasteiger partial charge in [0.1, 0.15) is 0 Å². The fraction of sp³-hybridized carbons (Fsp3) is 0.929. The third kappa shape index (κ3) is 5.07. The van der Waals surface area contributed by atoms with Gasteiger partial charge in [0.25, 0.3) is 0 Å². The number of amides is 1. The maximum absolute atomic E-state index is 11.6. The molecule has 1 aliphatic rings. The van der Waals surface area contributed by atoms with Crippen molar-refractivity contribution in [3.05, 3.63) is 0 Å². The van der Waals surface area contributed by atoms with Crippen molar-refractivity contribution in [2.45, 2.75) is 58.9 Å². The number of hydrogen-bond donors (Lipinski definition) is 2. The molecule has 1 atom stereocenters. The first-order valence-electron chi connectivity index (χ1n) is 7.04. The van der Waals surface area contributed by atoms with Crippen LogP contribution in [0.2, 0.25) is 0 Å². The van der Waals surface area contributed by atoms with Crippen molar-refractivity contribution in [3.63, 3.8) is 0 Å². The first kappa shape index (κ1) is 14.5. The Morgan fingerprint density at radius 1 is 1.29 bits per heavy atom. The highest BCUT2D eigenvalue weighted by Crippen LogP contribution is 2.29. The Morgan fingerprint density at radius 2 is 1.88 bits per heavy atom. The lowest BCUT2D eigenvalue weighted by molar-refractivity contribution is -0.123. The Morgan fingerprint density at radius 3 is 2.41 bits per heavy atom. The first-order chi connectivity index (χ1) is 8.00. The molecule has 1 amide bonds. The van der Waals surface area contributed by atoms with Crippen LogP contribution in [0.1, 0.15) is 52.9 Å². The Bertz CT molecular complexity index is 232. The van der Waals surface area contributed by atoms with Gasteiger partial charge < -0.3 is 11.1 Å². The summed E-state index contributed by atoms with van der Waals surface area (Å²) in [5.41, 5.74) is 5.79. The van der Waals surface area contributed by atoms with Gasteiger partial charge in [-0.2, -0.15) is 0 Å². The van der Waals surface area contributed by atoms with Crippen LogP contribution in [0.15, 0.2) is 0 Å². The van der Waals surface area contributed by atoms with Gasteiger partial charge in [-0.25, -0.2) is 0 Å². The van der Waals surface area contributed by atoms with Crippen molar-refractivity contribution in [3.8, 4) is 0 Å². The molecular formula is C14H28N2O. The molecule has 100 valence electrons. The number of carbonyl (C=O) groups excluding carboxylic acids is 1. The molecule has 0 saturated heterocycles. The van der Waals surface area contributed by atoms with E-state index in [0.717, 1.165) is 24.8 Å². The zero-order chi connectivity index (χ0) is 12.8. The van der Waals surface area contributed by atoms with Crippen molar-refractivity contribution < 1.29 is 4.79 Å². The van der Waals surface area contributed by atoms with Gasteiger partial charge in [0.15, 0.2) is 0 Å². The van der Waals surface area contributed by atoms with Gasteiger partial charge in [-0.3, -0.25) is 4.79 Å². The standard InChI is InChI=1S/C14H28N2O/c1-10(2)13(15)14(17)16-9-8-12-6-4-11(3)5-7-12/h10-13H,4-9,15H2,1-3H3,(H,16,17)/t11?,12?,13-/m1/s1. The molecule has 0 aliphatic heterocycles. The summed E-state index contributed by atoms with van der Waals surface area (Å²) in [5, 5.41) is 2.96. The Labute approximate surface area is 106 Å². The van der Waals surface area contributed by atoms with Crippen LogP contribution in [0, 0.1) is 17.8 Å². The summed E-state index contributed by atoms with van der Waals surface area (Å²) in [7, 11) is 0. The van der Waals surface area contributed by atoms with Crippen LogP contribution < -0.4 is 11.1 Å². The van der Waals surface area contributed by atoms with Crippen molar-refractivity contribution >= 4 is 5.91 Å². The minimum atomic E-state index is -0.360. The molecule has 1 saturated carbocycles. The lowest BCUT2D eigenvalue weighted by Gasteiger charge is -2.26. The van der Waals surface area contributed by atoms with Gasteiger partial charge >= 0.3 is 0 Å². The summed E-state index contributed by atoms with van der Waals surface area (Å²) in [6, 6.07) is -0.360. The Balaban J connectivity index is 2.13. The van der Waals surface area contributed by atoms with Crippen LogP contribution in [0.3, 0.4) is 0 Å². The van der Waals surface area contributed by atoms with Gasteiger partial charge in [0, 0.05) is 6.54 Å². The molecule has 17 heavy (non-hydrogen) atoms. The monoisotopic (exact) mass is 240 g/mol. The highest BCUT2D eigenvalue weighted by Gasteiger charge is 2.19. The zero-order valence-electron chi connectivity index (χ0n) is 11.5. The molecule has 0 bridgehead atoms. The highest BCUT2D eigenvalue weighted by molar-refractivity contribution is 5.81. The SMILES string of the molecule is CC1CCC(CCNC(=O)[C@H](N)C(C)C)CC1. The van der Waals surface area contributed by atoms with E-state index in [9.17, 15) is 4.79 Å². The fourth-order valence-electron chi connectivity index (χ4n) is 2.44. The van der Waals surface area contributed by atoms with Crippen molar-refractivity contribution in [1.82, 2.24) is 5.32 Å². The molecule has 1 rings (SSSR count). The van der Waals surface area contributed by atoms with E-state index in [0.29, 0.717) is 0 Å². The predicted octanol–water partition coefficient (Wildman–Crippen LogP) is 2.30. The van der Waals surface area contributed by atoms with Crippen molar-refractivity contribution in [1.29, 1.82) is 0 Å². The molecule has 3 heteroatoms. The lowest BCUT2D eigenvalue weighted by atomic mass is 9.81. The third-order valence-electron chi connectivity index (χ3n) is 4.01. The van der Waals surface area contributed by atoms with E-state index in [1.54, 1.807) is 0 Å². The van der Waals surface area contributed by atoms with Crippen LogP contribution in [-0.4, -0.2) is 18.5 Å². The highest BCUT2D eigenvalue weighted by atomic mass is 16.2. The maximum Gasteiger partial charge on any atom is 0.237 e. The summed E-state index contributed by atoms with van der Waals surface area (Å²) in [5.74, 6) is 1.92. The van der Waals surface area contributed by atoms with Crippen molar-refractivity contribution in [2.24, 2.45) is 23.5 Å². The molecule has 0 spiro atoms. The van der Waals surface area contributed by atoms with Crippen LogP contribution in [-0.2, 0) is 4.79 Å². The molecule has 0 aromatic carbocycles. The van der Waals surface area contributed by atoms with Crippen LogP contribution in [0.5, 0.6) is 0 Å². The summed E-state index contributed by atoms with van der Waals surface area (Å²) < 4.78 is 0. The topological polar surface area (TPSA) is 55.1 Å². The number of rotatable bonds is 5. The van der Waals surface area contributed by atoms with Crippen LogP contribution in [0.25, 0.3) is 0 Å². The van der Waals surface area contributed by atoms with Crippen LogP contribution >= 0.6 is 0 Å². The zero-order valence-corrected chi connectivity index (χ0v) is 11.5. The Hall–Kier alpha value is -0.570. The molecule has 1 aliphatic carbocycles. The fourth-order valence-corrected chi connectivity index (χ4v) is 2.44. The van der Waals surface area contributed by atoms with Gasteiger partial charge in [0.05, 0.1) is 6.04 Å². The molecule has 0 unspecified atom stereocenters. The molecule has 0 heterocycles. The van der Waals surface area contributed by atoms with E-state index in [-0.39, 0.29) is 17.9 Å².